The van der Waals surface area contributed by atoms with Crippen molar-refractivity contribution in [2.24, 2.45) is 0 Å². The summed E-state index contributed by atoms with van der Waals surface area (Å²) >= 11 is 10.3. The van der Waals surface area contributed by atoms with Crippen LogP contribution in [0.15, 0.2) is 20.3 Å². The Morgan fingerprint density at radius 1 is 1.55 bits per heavy atom. The molecule has 0 fully saturated rings. The molecule has 110 valence electrons. The third-order valence-electron chi connectivity index (χ3n) is 2.58. The zero-order chi connectivity index (χ0) is 14.9. The molecule has 0 aliphatic rings. The van der Waals surface area contributed by atoms with Gasteiger partial charge < -0.3 is 9.32 Å². The molecule has 0 aliphatic carbocycles. The summed E-state index contributed by atoms with van der Waals surface area (Å²) in [6.45, 7) is 0.791. The third-order valence-corrected chi connectivity index (χ3v) is 5.64. The largest absolute Gasteiger partial charge is 0.438 e. The van der Waals surface area contributed by atoms with Crippen LogP contribution in [0.1, 0.15) is 0 Å². The van der Waals surface area contributed by atoms with Gasteiger partial charge in [-0.3, -0.25) is 0 Å². The highest BCUT2D eigenvalue weighted by Gasteiger charge is 2.11. The summed E-state index contributed by atoms with van der Waals surface area (Å²) in [5.74, 6) is 0.608. The summed E-state index contributed by atoms with van der Waals surface area (Å²) in [5.41, 5.74) is 0.723. The highest BCUT2D eigenvalue weighted by Crippen LogP contribution is 2.34. The van der Waals surface area contributed by atoms with E-state index in [-0.39, 0.29) is 0 Å². The minimum atomic E-state index is -3.18. The first-order chi connectivity index (χ1) is 9.28. The van der Waals surface area contributed by atoms with Gasteiger partial charge in [0.2, 0.25) is 10.0 Å². The lowest BCUT2D eigenvalue weighted by atomic mass is 10.4. The number of rotatable bonds is 5. The fourth-order valence-corrected chi connectivity index (χ4v) is 3.85. The summed E-state index contributed by atoms with van der Waals surface area (Å²) in [6, 6.07) is 1.78. The first-order valence-electron chi connectivity index (χ1n) is 5.64. The minimum Gasteiger partial charge on any atom is -0.438 e. The van der Waals surface area contributed by atoms with Gasteiger partial charge in [-0.2, -0.15) is 0 Å². The molecule has 0 aromatic carbocycles. The van der Waals surface area contributed by atoms with Gasteiger partial charge in [-0.25, -0.2) is 13.1 Å². The van der Waals surface area contributed by atoms with Crippen molar-refractivity contribution in [2.45, 2.75) is 0 Å². The van der Waals surface area contributed by atoms with Crippen LogP contribution in [-0.2, 0) is 10.0 Å². The van der Waals surface area contributed by atoms with E-state index in [1.165, 1.54) is 11.3 Å². The number of nitrogens with zero attached hydrogens (tertiary/aromatic N) is 1. The molecule has 2 aromatic heterocycles. The van der Waals surface area contributed by atoms with Crippen LogP contribution in [0, 0.1) is 4.51 Å². The predicted octanol–water partition coefficient (Wildman–Crippen LogP) is 2.97. The van der Waals surface area contributed by atoms with Crippen molar-refractivity contribution in [3.63, 3.8) is 0 Å². The van der Waals surface area contributed by atoms with Crippen LogP contribution in [0.25, 0.3) is 10.3 Å². The van der Waals surface area contributed by atoms with E-state index in [4.69, 9.17) is 16.6 Å². The molecule has 0 saturated heterocycles. The minimum absolute atomic E-state index is 0.306. The van der Waals surface area contributed by atoms with Crippen molar-refractivity contribution < 1.29 is 12.8 Å². The average Bonchev–Trinajstić information content (AvgIpc) is 2.70. The molecule has 0 amide bonds. The monoisotopic (exact) mass is 396 g/mol. The predicted molar refractivity (Wildman–Crippen MR) is 88.7 cm³/mol. The molecule has 20 heavy (non-hydrogen) atoms. The number of hydrogen-bond acceptors (Lipinski definition) is 6. The van der Waals surface area contributed by atoms with Crippen LogP contribution in [0.5, 0.6) is 0 Å². The fraction of sp³-hybridized carbons (Fsp3) is 0.364. The van der Waals surface area contributed by atoms with Crippen molar-refractivity contribution in [2.75, 3.05) is 31.3 Å². The van der Waals surface area contributed by atoms with Crippen molar-refractivity contribution in [3.8, 4) is 0 Å². The van der Waals surface area contributed by atoms with E-state index in [1.807, 2.05) is 17.3 Å². The summed E-state index contributed by atoms with van der Waals surface area (Å²) in [6.07, 6.45) is 1.13. The van der Waals surface area contributed by atoms with Crippen LogP contribution in [0.4, 0.5) is 5.88 Å². The fourth-order valence-electron chi connectivity index (χ4n) is 1.60. The van der Waals surface area contributed by atoms with E-state index in [1.54, 1.807) is 6.07 Å². The maximum Gasteiger partial charge on any atom is 0.208 e. The van der Waals surface area contributed by atoms with Gasteiger partial charge in [0.15, 0.2) is 11.5 Å². The van der Waals surface area contributed by atoms with Crippen LogP contribution in [0.2, 0.25) is 0 Å². The maximum atomic E-state index is 11.0. The number of likely N-dealkylation sites (N-methyl/N-ethyl adjacent to an activating group) is 1. The Balaban J connectivity index is 2.20. The molecule has 0 bridgehead atoms. The molecule has 0 spiro atoms. The summed E-state index contributed by atoms with van der Waals surface area (Å²) in [5, 5.41) is 1.93. The van der Waals surface area contributed by atoms with E-state index < -0.39 is 10.0 Å². The van der Waals surface area contributed by atoms with Crippen molar-refractivity contribution in [3.05, 3.63) is 20.4 Å². The van der Waals surface area contributed by atoms with Gasteiger partial charge in [0.1, 0.15) is 0 Å². The van der Waals surface area contributed by atoms with E-state index in [2.05, 4.69) is 20.7 Å². The lowest BCUT2D eigenvalue weighted by molar-refractivity contribution is 0.573. The van der Waals surface area contributed by atoms with Gasteiger partial charge >= 0.3 is 0 Å². The molecule has 2 rings (SSSR count). The van der Waals surface area contributed by atoms with Gasteiger partial charge in [0, 0.05) is 31.6 Å². The number of fused-ring (bicyclic) bond motifs is 1. The van der Waals surface area contributed by atoms with Gasteiger partial charge in [-0.05, 0) is 15.9 Å². The Morgan fingerprint density at radius 2 is 2.25 bits per heavy atom. The lowest BCUT2D eigenvalue weighted by Crippen LogP contribution is -2.32. The molecule has 0 aliphatic heterocycles. The summed E-state index contributed by atoms with van der Waals surface area (Å²) < 4.78 is 32.8. The van der Waals surface area contributed by atoms with E-state index >= 15 is 0 Å². The second-order valence-corrected chi connectivity index (χ2v) is 8.29. The second kappa shape index (κ2) is 6.10. The normalized spacial score (nSPS) is 11.9. The molecule has 2 heterocycles. The van der Waals surface area contributed by atoms with Gasteiger partial charge in [0.05, 0.1) is 19.9 Å². The topological polar surface area (TPSA) is 62.6 Å². The van der Waals surface area contributed by atoms with Crippen LogP contribution < -0.4 is 9.62 Å². The Labute approximate surface area is 134 Å². The highest BCUT2D eigenvalue weighted by atomic mass is 79.9. The van der Waals surface area contributed by atoms with Crippen LogP contribution >= 0.6 is 39.5 Å². The zero-order valence-corrected chi connectivity index (χ0v) is 14.9. The Kier molecular flexibility index (Phi) is 4.85. The molecule has 2 aromatic rings. The molecule has 1 N–H and O–H groups in total. The molecule has 0 radical (unpaired) electrons. The van der Waals surface area contributed by atoms with Crippen molar-refractivity contribution >= 4 is 65.7 Å². The SMILES string of the molecule is CN(CCNS(C)(=O)=O)c1cc(=S)c2scc(Br)c2o1. The highest BCUT2D eigenvalue weighted by molar-refractivity contribution is 9.10. The Hall–Kier alpha value is -0.480. The second-order valence-electron chi connectivity index (χ2n) is 4.28. The quantitative estimate of drug-likeness (QED) is 0.786. The van der Waals surface area contributed by atoms with Gasteiger partial charge in [0.25, 0.3) is 0 Å². The first-order valence-corrected chi connectivity index (χ1v) is 9.62. The molecule has 0 saturated carbocycles. The molecular formula is C11H13BrN2O3S3. The lowest BCUT2D eigenvalue weighted by Gasteiger charge is -2.17. The molecular weight excluding hydrogens is 384 g/mol. The number of hydrogen-bond donors (Lipinski definition) is 1. The van der Waals surface area contributed by atoms with Crippen LogP contribution in [0.3, 0.4) is 0 Å². The first kappa shape index (κ1) is 15.9. The van der Waals surface area contributed by atoms with Crippen LogP contribution in [-0.4, -0.2) is 34.8 Å². The molecule has 0 atom stereocenters. The zero-order valence-electron chi connectivity index (χ0n) is 10.8. The van der Waals surface area contributed by atoms with Gasteiger partial charge in [-0.1, -0.05) is 12.2 Å². The third kappa shape index (κ3) is 3.79. The number of thiophene rings is 1. The number of nitrogens with one attached hydrogen (secondary N) is 1. The Morgan fingerprint density at radius 3 is 2.90 bits per heavy atom. The Bertz CT molecular complexity index is 782. The molecule has 9 heteroatoms. The maximum absolute atomic E-state index is 11.0. The number of halogens is 1. The van der Waals surface area contributed by atoms with E-state index in [0.717, 1.165) is 25.5 Å². The standard InChI is InChI=1S/C11H13BrN2O3S3/c1-14(4-3-13-20(2,15)16)9-5-8(18)11-10(17-9)7(12)6-19-11/h5-6,13H,3-4H2,1-2H3. The number of sulfonamides is 1. The van der Waals surface area contributed by atoms with Crippen molar-refractivity contribution in [1.29, 1.82) is 0 Å². The van der Waals surface area contributed by atoms with Crippen molar-refractivity contribution in [1.82, 2.24) is 4.72 Å². The van der Waals surface area contributed by atoms with E-state index in [0.29, 0.717) is 19.0 Å². The summed E-state index contributed by atoms with van der Waals surface area (Å²) in [7, 11) is -1.35. The smallest absolute Gasteiger partial charge is 0.208 e. The molecule has 0 unspecified atom stereocenters. The average molecular weight is 397 g/mol. The van der Waals surface area contributed by atoms with E-state index in [9.17, 15) is 8.42 Å². The molecule has 5 nitrogen and oxygen atoms in total. The van der Waals surface area contributed by atoms with Gasteiger partial charge in [-0.15, -0.1) is 11.3 Å². The number of anilines is 1. The summed E-state index contributed by atoms with van der Waals surface area (Å²) in [4.78, 5) is 1.82.